The lowest BCUT2D eigenvalue weighted by Crippen LogP contribution is -2.38. The van der Waals surface area contributed by atoms with Crippen LogP contribution in [0.5, 0.6) is 5.75 Å². The quantitative estimate of drug-likeness (QED) is 0.215. The second-order valence-electron chi connectivity index (χ2n) is 9.23. The number of ether oxygens (including phenoxy) is 1. The Morgan fingerprint density at radius 1 is 0.825 bits per heavy atom. The number of halogens is 1. The summed E-state index contributed by atoms with van der Waals surface area (Å²) in [5.41, 5.74) is 10.6. The van der Waals surface area contributed by atoms with E-state index in [1.807, 2.05) is 71.4 Å². The van der Waals surface area contributed by atoms with Gasteiger partial charge < -0.3 is 10.5 Å². The number of hydrogen-bond donors (Lipinski definition) is 1. The van der Waals surface area contributed by atoms with Gasteiger partial charge in [-0.05, 0) is 28.8 Å². The number of nitrogen functional groups attached to an aromatic ring is 1. The Balaban J connectivity index is 1.57. The Bertz CT molecular complexity index is 1740. The maximum Gasteiger partial charge on any atom is 0.185 e. The molecule has 6 aromatic rings. The minimum atomic E-state index is -0.906. The normalized spacial score (nSPS) is 11.3. The van der Waals surface area contributed by atoms with E-state index in [9.17, 15) is 5.26 Å². The molecular weight excluding hydrogens is 564 g/mol. The lowest BCUT2D eigenvalue weighted by molar-refractivity contribution is 0.309. The highest BCUT2D eigenvalue weighted by Crippen LogP contribution is 2.42. The first-order valence-electron chi connectivity index (χ1n) is 12.6. The molecule has 8 heteroatoms. The largest absolute Gasteiger partial charge is 0.486 e. The van der Waals surface area contributed by atoms with Crippen molar-refractivity contribution in [3.8, 4) is 11.8 Å². The Morgan fingerprint density at radius 3 is 1.95 bits per heavy atom. The molecule has 2 aromatic heterocycles. The number of hydrogen-bond acceptors (Lipinski definition) is 6. The molecule has 0 saturated heterocycles. The fraction of sp³-hybridized carbons (Fsp3) is 0.0625. The minimum Gasteiger partial charge on any atom is -0.486 e. The molecule has 0 saturated carbocycles. The lowest BCUT2D eigenvalue weighted by Gasteiger charge is -2.35. The van der Waals surface area contributed by atoms with Gasteiger partial charge in [-0.1, -0.05) is 118 Å². The summed E-state index contributed by atoms with van der Waals surface area (Å²) in [6.45, 7) is 0.156. The summed E-state index contributed by atoms with van der Waals surface area (Å²) in [4.78, 5) is 4.72. The SMILES string of the molecule is N#Cc1cc(Br)ccc1COc1cc(N)nc2c1nnn2C(c1ccccc1)(c1ccccc1)c1ccccc1. The molecule has 2 N–H and O–H groups in total. The topological polar surface area (TPSA) is 103 Å². The molecule has 0 fully saturated rings. The third-order valence-electron chi connectivity index (χ3n) is 6.86. The number of pyridine rings is 1. The fourth-order valence-electron chi connectivity index (χ4n) is 5.07. The number of anilines is 1. The number of nitrogens with two attached hydrogens (primary N) is 1. The van der Waals surface area contributed by atoms with E-state index in [1.54, 1.807) is 12.1 Å². The van der Waals surface area contributed by atoms with Crippen molar-refractivity contribution in [2.24, 2.45) is 0 Å². The molecule has 2 heterocycles. The highest BCUT2D eigenvalue weighted by atomic mass is 79.9. The van der Waals surface area contributed by atoms with Crippen molar-refractivity contribution in [1.29, 1.82) is 5.26 Å². The van der Waals surface area contributed by atoms with Crippen LogP contribution >= 0.6 is 15.9 Å². The van der Waals surface area contributed by atoms with Gasteiger partial charge >= 0.3 is 0 Å². The number of aromatic nitrogens is 4. The third-order valence-corrected chi connectivity index (χ3v) is 7.36. The van der Waals surface area contributed by atoms with Crippen LogP contribution in [0.4, 0.5) is 5.82 Å². The molecular formula is C32H23BrN6O. The Labute approximate surface area is 239 Å². The minimum absolute atomic E-state index is 0.156. The molecule has 0 radical (unpaired) electrons. The molecule has 7 nitrogen and oxygen atoms in total. The zero-order chi connectivity index (χ0) is 27.5. The molecule has 194 valence electrons. The molecule has 4 aromatic carbocycles. The fourth-order valence-corrected chi connectivity index (χ4v) is 5.43. The molecule has 0 aliphatic heterocycles. The molecule has 0 bridgehead atoms. The number of fused-ring (bicyclic) bond motifs is 1. The molecule has 0 spiro atoms. The van der Waals surface area contributed by atoms with Crippen LogP contribution in [0, 0.1) is 11.3 Å². The van der Waals surface area contributed by atoms with E-state index in [0.29, 0.717) is 22.5 Å². The first kappa shape index (κ1) is 25.3. The second kappa shape index (κ2) is 10.6. The number of nitriles is 1. The maximum absolute atomic E-state index is 9.59. The van der Waals surface area contributed by atoms with Crippen LogP contribution < -0.4 is 10.5 Å². The van der Waals surface area contributed by atoms with Crippen molar-refractivity contribution >= 4 is 32.9 Å². The predicted octanol–water partition coefficient (Wildman–Crippen LogP) is 6.46. The van der Waals surface area contributed by atoms with Crippen molar-refractivity contribution in [3.63, 3.8) is 0 Å². The van der Waals surface area contributed by atoms with Gasteiger partial charge in [-0.15, -0.1) is 5.10 Å². The highest BCUT2D eigenvalue weighted by Gasteiger charge is 2.41. The van der Waals surface area contributed by atoms with Crippen LogP contribution in [0.3, 0.4) is 0 Å². The first-order valence-corrected chi connectivity index (χ1v) is 13.4. The van der Waals surface area contributed by atoms with Crippen molar-refractivity contribution in [1.82, 2.24) is 20.0 Å². The summed E-state index contributed by atoms with van der Waals surface area (Å²) in [6.07, 6.45) is 0. The van der Waals surface area contributed by atoms with Crippen molar-refractivity contribution < 1.29 is 4.74 Å². The van der Waals surface area contributed by atoms with E-state index < -0.39 is 5.54 Å². The Kier molecular flexibility index (Phi) is 6.72. The van der Waals surface area contributed by atoms with Crippen LogP contribution in [-0.4, -0.2) is 20.0 Å². The standard InChI is InChI=1S/C32H23BrN6O/c33-27-17-16-22(23(18-27)20-34)21-40-28-19-29(35)36-31-30(28)37-38-39(31)32(24-10-4-1-5-11-24,25-12-6-2-7-13-25)26-14-8-3-9-15-26/h1-19H,21H2,(H2,35,36). The maximum atomic E-state index is 9.59. The number of nitrogens with zero attached hydrogens (tertiary/aromatic N) is 5. The van der Waals surface area contributed by atoms with Gasteiger partial charge in [0.25, 0.3) is 0 Å². The van der Waals surface area contributed by atoms with Gasteiger partial charge in [-0.2, -0.15) is 5.26 Å². The van der Waals surface area contributed by atoms with Crippen molar-refractivity contribution in [3.05, 3.63) is 148 Å². The molecule has 0 aliphatic rings. The number of rotatable bonds is 7. The summed E-state index contributed by atoms with van der Waals surface area (Å²) in [7, 11) is 0. The van der Waals surface area contributed by atoms with Gasteiger partial charge in [0, 0.05) is 16.1 Å². The van der Waals surface area contributed by atoms with Gasteiger partial charge in [0.15, 0.2) is 16.9 Å². The van der Waals surface area contributed by atoms with Gasteiger partial charge in [0.1, 0.15) is 18.0 Å². The van der Waals surface area contributed by atoms with Crippen LogP contribution in [0.1, 0.15) is 27.8 Å². The van der Waals surface area contributed by atoms with Gasteiger partial charge in [-0.3, -0.25) is 0 Å². The molecule has 0 atom stereocenters. The summed E-state index contributed by atoms with van der Waals surface area (Å²) in [5.74, 6) is 0.703. The van der Waals surface area contributed by atoms with Crippen molar-refractivity contribution in [2.75, 3.05) is 5.73 Å². The average molecular weight is 587 g/mol. The molecule has 6 rings (SSSR count). The van der Waals surface area contributed by atoms with E-state index in [0.717, 1.165) is 26.7 Å². The number of benzene rings is 4. The molecule has 40 heavy (non-hydrogen) atoms. The van der Waals surface area contributed by atoms with Crippen LogP contribution in [0.25, 0.3) is 11.2 Å². The lowest BCUT2D eigenvalue weighted by atomic mass is 9.77. The highest BCUT2D eigenvalue weighted by molar-refractivity contribution is 9.10. The summed E-state index contributed by atoms with van der Waals surface area (Å²) >= 11 is 3.42. The molecule has 0 amide bonds. The Morgan fingerprint density at radius 2 is 1.40 bits per heavy atom. The average Bonchev–Trinajstić information content (AvgIpc) is 3.42. The third kappa shape index (κ3) is 4.36. The summed E-state index contributed by atoms with van der Waals surface area (Å²) in [6, 6.07) is 39.8. The van der Waals surface area contributed by atoms with Gasteiger partial charge in [0.05, 0.1) is 11.6 Å². The van der Waals surface area contributed by atoms with E-state index >= 15 is 0 Å². The summed E-state index contributed by atoms with van der Waals surface area (Å²) < 4.78 is 8.86. The van der Waals surface area contributed by atoms with E-state index in [1.165, 1.54) is 0 Å². The van der Waals surface area contributed by atoms with Gasteiger partial charge in [-0.25, -0.2) is 9.67 Å². The Hall–Kier alpha value is -5.00. The van der Waals surface area contributed by atoms with E-state index in [2.05, 4.69) is 63.5 Å². The smallest absolute Gasteiger partial charge is 0.185 e. The van der Waals surface area contributed by atoms with Gasteiger partial charge in [0.2, 0.25) is 0 Å². The van der Waals surface area contributed by atoms with Crippen LogP contribution in [0.15, 0.2) is 120 Å². The zero-order valence-corrected chi connectivity index (χ0v) is 22.9. The monoisotopic (exact) mass is 586 g/mol. The first-order chi connectivity index (χ1) is 19.6. The predicted molar refractivity (Wildman–Crippen MR) is 158 cm³/mol. The van der Waals surface area contributed by atoms with Crippen LogP contribution in [0.2, 0.25) is 0 Å². The zero-order valence-electron chi connectivity index (χ0n) is 21.3. The van der Waals surface area contributed by atoms with Crippen molar-refractivity contribution in [2.45, 2.75) is 12.1 Å². The second-order valence-corrected chi connectivity index (χ2v) is 10.1. The summed E-state index contributed by atoms with van der Waals surface area (Å²) in [5, 5.41) is 18.9. The molecule has 0 aliphatic carbocycles. The van der Waals surface area contributed by atoms with E-state index in [-0.39, 0.29) is 12.4 Å². The molecule has 0 unspecified atom stereocenters. The van der Waals surface area contributed by atoms with Crippen LogP contribution in [-0.2, 0) is 12.1 Å². The van der Waals surface area contributed by atoms with E-state index in [4.69, 9.17) is 20.7 Å².